The van der Waals surface area contributed by atoms with Crippen LogP contribution < -0.4 is 5.32 Å². The molecule has 1 unspecified atom stereocenters. The lowest BCUT2D eigenvalue weighted by Crippen LogP contribution is -2.17. The van der Waals surface area contributed by atoms with Crippen LogP contribution >= 0.6 is 11.3 Å². The maximum Gasteiger partial charge on any atom is 0.0841 e. The molecule has 3 rings (SSSR count). The number of para-hydroxylation sites is 1. The molecule has 3 nitrogen and oxygen atoms in total. The number of thiophene rings is 1. The molecule has 0 saturated heterocycles. The number of hydrogen-bond donors (Lipinski definition) is 1. The predicted octanol–water partition coefficient (Wildman–Crippen LogP) is 4.28. The SMILES string of the molecule is CCn1nc(CNC(C)c2ccc(C)s2)c2ccccc21. The van der Waals surface area contributed by atoms with Crippen LogP contribution in [0.25, 0.3) is 10.9 Å². The monoisotopic (exact) mass is 299 g/mol. The van der Waals surface area contributed by atoms with E-state index in [2.05, 4.69) is 67.2 Å². The van der Waals surface area contributed by atoms with Crippen molar-refractivity contribution < 1.29 is 0 Å². The van der Waals surface area contributed by atoms with Gasteiger partial charge in [0, 0.05) is 34.3 Å². The fourth-order valence-electron chi connectivity index (χ4n) is 2.60. The Morgan fingerprint density at radius 3 is 2.76 bits per heavy atom. The molecule has 1 atom stereocenters. The Morgan fingerprint density at radius 1 is 1.24 bits per heavy atom. The molecular weight excluding hydrogens is 278 g/mol. The highest BCUT2D eigenvalue weighted by Crippen LogP contribution is 2.23. The molecule has 4 heteroatoms. The van der Waals surface area contributed by atoms with Crippen LogP contribution in [0, 0.1) is 6.92 Å². The van der Waals surface area contributed by atoms with Gasteiger partial charge >= 0.3 is 0 Å². The van der Waals surface area contributed by atoms with Gasteiger partial charge in [-0.2, -0.15) is 5.10 Å². The summed E-state index contributed by atoms with van der Waals surface area (Å²) in [5.41, 5.74) is 2.35. The Bertz CT molecular complexity index is 741. The minimum absolute atomic E-state index is 0.356. The van der Waals surface area contributed by atoms with E-state index in [4.69, 9.17) is 5.10 Å². The molecule has 2 heterocycles. The van der Waals surface area contributed by atoms with Gasteiger partial charge < -0.3 is 5.32 Å². The minimum atomic E-state index is 0.356. The van der Waals surface area contributed by atoms with Crippen molar-refractivity contribution in [2.45, 2.75) is 39.9 Å². The fraction of sp³-hybridized carbons (Fsp3) is 0.353. The van der Waals surface area contributed by atoms with Gasteiger partial charge in [0.05, 0.1) is 11.2 Å². The van der Waals surface area contributed by atoms with Gasteiger partial charge in [-0.15, -0.1) is 11.3 Å². The van der Waals surface area contributed by atoms with Crippen molar-refractivity contribution in [1.82, 2.24) is 15.1 Å². The first-order valence-corrected chi connectivity index (χ1v) is 8.25. The molecule has 2 aromatic heterocycles. The minimum Gasteiger partial charge on any atom is -0.304 e. The molecule has 0 radical (unpaired) electrons. The number of nitrogens with zero attached hydrogens (tertiary/aromatic N) is 2. The first kappa shape index (κ1) is 14.3. The van der Waals surface area contributed by atoms with Crippen molar-refractivity contribution in [1.29, 1.82) is 0 Å². The molecule has 0 fully saturated rings. The highest BCUT2D eigenvalue weighted by molar-refractivity contribution is 7.12. The largest absolute Gasteiger partial charge is 0.304 e. The number of aromatic nitrogens is 2. The molecule has 0 amide bonds. The highest BCUT2D eigenvalue weighted by atomic mass is 32.1. The average Bonchev–Trinajstić information content (AvgIpc) is 3.09. The summed E-state index contributed by atoms with van der Waals surface area (Å²) in [5.74, 6) is 0. The Balaban J connectivity index is 1.79. The normalized spacial score (nSPS) is 12.9. The quantitative estimate of drug-likeness (QED) is 0.762. The summed E-state index contributed by atoms with van der Waals surface area (Å²) >= 11 is 1.86. The number of fused-ring (bicyclic) bond motifs is 1. The van der Waals surface area contributed by atoms with E-state index in [0.29, 0.717) is 6.04 Å². The van der Waals surface area contributed by atoms with Crippen molar-refractivity contribution in [2.24, 2.45) is 0 Å². The van der Waals surface area contributed by atoms with E-state index in [0.717, 1.165) is 18.8 Å². The van der Waals surface area contributed by atoms with Gasteiger partial charge in [0.1, 0.15) is 0 Å². The summed E-state index contributed by atoms with van der Waals surface area (Å²) in [5, 5.41) is 9.58. The third-order valence-corrected chi connectivity index (χ3v) is 4.98. The molecule has 110 valence electrons. The molecule has 1 N–H and O–H groups in total. The van der Waals surface area contributed by atoms with Crippen molar-refractivity contribution >= 4 is 22.2 Å². The maximum atomic E-state index is 4.74. The predicted molar refractivity (Wildman–Crippen MR) is 89.7 cm³/mol. The Kier molecular flexibility index (Phi) is 4.08. The van der Waals surface area contributed by atoms with Gasteiger partial charge in [0.25, 0.3) is 0 Å². The van der Waals surface area contributed by atoms with Gasteiger partial charge in [-0.25, -0.2) is 0 Å². The van der Waals surface area contributed by atoms with E-state index in [9.17, 15) is 0 Å². The second kappa shape index (κ2) is 6.00. The van der Waals surface area contributed by atoms with E-state index >= 15 is 0 Å². The Hall–Kier alpha value is -1.65. The summed E-state index contributed by atoms with van der Waals surface area (Å²) in [6, 6.07) is 13.2. The van der Waals surface area contributed by atoms with Gasteiger partial charge in [-0.05, 0) is 39.0 Å². The van der Waals surface area contributed by atoms with Crippen LogP contribution in [0.5, 0.6) is 0 Å². The van der Waals surface area contributed by atoms with Crippen molar-refractivity contribution in [3.05, 3.63) is 51.8 Å². The molecule has 0 saturated carbocycles. The maximum absolute atomic E-state index is 4.74. The Morgan fingerprint density at radius 2 is 2.05 bits per heavy atom. The number of hydrogen-bond acceptors (Lipinski definition) is 3. The first-order chi connectivity index (χ1) is 10.2. The third kappa shape index (κ3) is 2.87. The lowest BCUT2D eigenvalue weighted by molar-refractivity contribution is 0.565. The number of benzene rings is 1. The third-order valence-electron chi connectivity index (χ3n) is 3.80. The molecule has 3 aromatic rings. The molecule has 0 bridgehead atoms. The van der Waals surface area contributed by atoms with Crippen LogP contribution in [0.4, 0.5) is 0 Å². The topological polar surface area (TPSA) is 29.9 Å². The molecule has 1 aromatic carbocycles. The van der Waals surface area contributed by atoms with E-state index in [-0.39, 0.29) is 0 Å². The Labute approximate surface area is 129 Å². The number of aryl methyl sites for hydroxylation is 2. The smallest absolute Gasteiger partial charge is 0.0841 e. The molecule has 0 spiro atoms. The second-order valence-corrected chi connectivity index (χ2v) is 6.65. The first-order valence-electron chi connectivity index (χ1n) is 7.43. The van der Waals surface area contributed by atoms with E-state index in [1.165, 1.54) is 20.7 Å². The van der Waals surface area contributed by atoms with Crippen molar-refractivity contribution in [3.8, 4) is 0 Å². The standard InChI is InChI=1S/C17H21N3S/c1-4-20-16-8-6-5-7-14(16)15(19-20)11-18-13(3)17-10-9-12(2)21-17/h5-10,13,18H,4,11H2,1-3H3. The molecule has 0 aliphatic carbocycles. The van der Waals surface area contributed by atoms with E-state index < -0.39 is 0 Å². The van der Waals surface area contributed by atoms with Crippen LogP contribution in [0.15, 0.2) is 36.4 Å². The summed E-state index contributed by atoms with van der Waals surface area (Å²) in [6.07, 6.45) is 0. The van der Waals surface area contributed by atoms with E-state index in [1.54, 1.807) is 0 Å². The van der Waals surface area contributed by atoms with Crippen LogP contribution in [0.1, 0.15) is 35.3 Å². The molecule has 0 aliphatic rings. The van der Waals surface area contributed by atoms with Gasteiger partial charge in [0.15, 0.2) is 0 Å². The summed E-state index contributed by atoms with van der Waals surface area (Å²) in [6.45, 7) is 8.20. The summed E-state index contributed by atoms with van der Waals surface area (Å²) in [7, 11) is 0. The summed E-state index contributed by atoms with van der Waals surface area (Å²) in [4.78, 5) is 2.74. The van der Waals surface area contributed by atoms with Gasteiger partial charge in [-0.1, -0.05) is 18.2 Å². The molecule has 0 aliphatic heterocycles. The van der Waals surface area contributed by atoms with Crippen LogP contribution in [0.2, 0.25) is 0 Å². The number of nitrogens with one attached hydrogen (secondary N) is 1. The van der Waals surface area contributed by atoms with Crippen LogP contribution in [-0.4, -0.2) is 9.78 Å². The van der Waals surface area contributed by atoms with Crippen LogP contribution in [-0.2, 0) is 13.1 Å². The highest BCUT2D eigenvalue weighted by Gasteiger charge is 2.12. The zero-order valence-electron chi connectivity index (χ0n) is 12.8. The number of rotatable bonds is 5. The zero-order valence-corrected chi connectivity index (χ0v) is 13.6. The lowest BCUT2D eigenvalue weighted by Gasteiger charge is -2.10. The van der Waals surface area contributed by atoms with Crippen molar-refractivity contribution in [3.63, 3.8) is 0 Å². The van der Waals surface area contributed by atoms with Crippen molar-refractivity contribution in [2.75, 3.05) is 0 Å². The molecular formula is C17H21N3S. The average molecular weight is 299 g/mol. The molecule has 21 heavy (non-hydrogen) atoms. The zero-order chi connectivity index (χ0) is 14.8. The lowest BCUT2D eigenvalue weighted by atomic mass is 10.2. The van der Waals surface area contributed by atoms with Crippen LogP contribution in [0.3, 0.4) is 0 Å². The van der Waals surface area contributed by atoms with Gasteiger partial charge in [-0.3, -0.25) is 4.68 Å². The second-order valence-electron chi connectivity index (χ2n) is 5.33. The fourth-order valence-corrected chi connectivity index (χ4v) is 3.51. The summed E-state index contributed by atoms with van der Waals surface area (Å²) < 4.78 is 2.08. The van der Waals surface area contributed by atoms with Gasteiger partial charge in [0.2, 0.25) is 0 Å². The van der Waals surface area contributed by atoms with E-state index in [1.807, 2.05) is 11.3 Å².